The number of carbonyl (C=O) groups is 1. The topological polar surface area (TPSA) is 26.3 Å². The molecule has 0 amide bonds. The monoisotopic (exact) mass is 422 g/mol. The minimum absolute atomic E-state index is 0.181. The maximum Gasteiger partial charge on any atom is 0.422 e. The lowest BCUT2D eigenvalue weighted by Gasteiger charge is -2.65. The Bertz CT molecular complexity index is 591. The van der Waals surface area contributed by atoms with Gasteiger partial charge >= 0.3 is 12.1 Å². The molecule has 0 N–H and O–H groups in total. The summed E-state index contributed by atoms with van der Waals surface area (Å²) in [5.41, 5.74) is -1.36. The van der Waals surface area contributed by atoms with E-state index in [9.17, 15) is 18.0 Å². The lowest BCUT2D eigenvalue weighted by molar-refractivity contribution is -0.185. The van der Waals surface area contributed by atoms with E-state index in [0.29, 0.717) is 17.1 Å². The molecule has 4 bridgehead atoms. The van der Waals surface area contributed by atoms with E-state index in [-0.39, 0.29) is 10.8 Å². The highest BCUT2D eigenvalue weighted by Crippen LogP contribution is 2.68. The zero-order valence-corrected chi connectivity index (χ0v) is 17.9. The normalized spacial score (nSPS) is 37.1. The molecule has 4 unspecified atom stereocenters. The number of carbonyl (C=O) groups excluding carboxylic acids is 1. The van der Waals surface area contributed by atoms with E-state index in [1.54, 1.807) is 6.92 Å². The first-order valence-electron chi connectivity index (χ1n) is 9.59. The molecule has 27 heavy (non-hydrogen) atoms. The molecule has 154 valence electrons. The quantitative estimate of drug-likeness (QED) is 0.283. The minimum atomic E-state index is -4.73. The van der Waals surface area contributed by atoms with Crippen molar-refractivity contribution < 1.29 is 22.7 Å². The number of hydrogen-bond acceptors (Lipinski definition) is 4. The molecule has 4 saturated carbocycles. The van der Waals surface area contributed by atoms with E-state index in [1.165, 1.54) is 19.3 Å². The average molecular weight is 423 g/mol. The van der Waals surface area contributed by atoms with E-state index in [2.05, 4.69) is 19.8 Å². The first-order chi connectivity index (χ1) is 12.5. The van der Waals surface area contributed by atoms with Crippen LogP contribution in [0.4, 0.5) is 13.2 Å². The van der Waals surface area contributed by atoms with Gasteiger partial charge in [0.2, 0.25) is 0 Å². The van der Waals surface area contributed by atoms with Gasteiger partial charge < -0.3 is 4.74 Å². The highest BCUT2D eigenvalue weighted by Gasteiger charge is 2.61. The summed E-state index contributed by atoms with van der Waals surface area (Å²) in [6, 6.07) is 0. The summed E-state index contributed by atoms with van der Waals surface area (Å²) in [5.74, 6) is -0.101. The van der Waals surface area contributed by atoms with Crippen molar-refractivity contribution in [1.29, 1.82) is 0 Å². The smallest absolute Gasteiger partial charge is 0.422 e. The van der Waals surface area contributed by atoms with Gasteiger partial charge in [-0.2, -0.15) is 24.9 Å². The van der Waals surface area contributed by atoms with Gasteiger partial charge in [0, 0.05) is 15.7 Å². The second-order valence-electron chi connectivity index (χ2n) is 8.93. The summed E-state index contributed by atoms with van der Waals surface area (Å²) in [4.78, 5) is 12.0. The standard InChI is InChI=1S/C20H29F3O2S2/c1-12(20(21,22)23)17(24)25-13(2)18-6-15-5-16(7-18)9-19(8-15,10-18)14(3)27-11-26-4/h13-16H,1,5-11H2,2-4H3. The average Bonchev–Trinajstić information content (AvgIpc) is 2.56. The van der Waals surface area contributed by atoms with Crippen molar-refractivity contribution in [3.8, 4) is 0 Å². The van der Waals surface area contributed by atoms with Crippen LogP contribution in [0.1, 0.15) is 52.4 Å². The first-order valence-corrected chi connectivity index (χ1v) is 12.0. The Balaban J connectivity index is 1.77. The van der Waals surface area contributed by atoms with Crippen LogP contribution < -0.4 is 0 Å². The number of ether oxygens (including phenoxy) is 1. The molecule has 2 nitrogen and oxygen atoms in total. The molecule has 4 aliphatic carbocycles. The molecule has 0 aromatic heterocycles. The summed E-state index contributed by atoms with van der Waals surface area (Å²) in [6.07, 6.45) is 3.41. The van der Waals surface area contributed by atoms with E-state index in [1.807, 2.05) is 23.5 Å². The Morgan fingerprint density at radius 1 is 1.19 bits per heavy atom. The van der Waals surface area contributed by atoms with Gasteiger partial charge in [-0.25, -0.2) is 4.79 Å². The number of esters is 1. The number of rotatable bonds is 7. The van der Waals surface area contributed by atoms with Crippen LogP contribution in [0.5, 0.6) is 0 Å². The maximum absolute atomic E-state index is 12.8. The number of halogens is 3. The summed E-state index contributed by atoms with van der Waals surface area (Å²) in [7, 11) is 0. The fraction of sp³-hybridized carbons (Fsp3) is 0.850. The van der Waals surface area contributed by atoms with Gasteiger partial charge in [0.25, 0.3) is 0 Å². The molecule has 0 spiro atoms. The Morgan fingerprint density at radius 2 is 1.74 bits per heavy atom. The molecule has 0 aromatic rings. The van der Waals surface area contributed by atoms with Crippen LogP contribution in [0.2, 0.25) is 0 Å². The number of alkyl halides is 3. The third kappa shape index (κ3) is 4.05. The highest BCUT2D eigenvalue weighted by atomic mass is 32.2. The van der Waals surface area contributed by atoms with Gasteiger partial charge in [0.1, 0.15) is 11.7 Å². The van der Waals surface area contributed by atoms with Gasteiger partial charge in [0.15, 0.2) is 0 Å². The van der Waals surface area contributed by atoms with Crippen LogP contribution in [0.25, 0.3) is 0 Å². The molecule has 4 rings (SSSR count). The molecular weight excluding hydrogens is 393 g/mol. The summed E-state index contributed by atoms with van der Waals surface area (Å²) >= 11 is 3.82. The molecule has 0 radical (unpaired) electrons. The Labute approximate surface area is 168 Å². The third-order valence-electron chi connectivity index (χ3n) is 7.18. The largest absolute Gasteiger partial charge is 0.458 e. The maximum atomic E-state index is 12.8. The van der Waals surface area contributed by atoms with Gasteiger partial charge in [-0.05, 0) is 69.0 Å². The van der Waals surface area contributed by atoms with Crippen molar-refractivity contribution in [1.82, 2.24) is 0 Å². The SMILES string of the molecule is C=C(C(=O)OC(C)C12CC3CC(C1)CC(C(C)SCSC)(C3)C2)C(F)(F)F. The van der Waals surface area contributed by atoms with Crippen LogP contribution in [0, 0.1) is 22.7 Å². The highest BCUT2D eigenvalue weighted by molar-refractivity contribution is 8.15. The molecule has 0 heterocycles. The van der Waals surface area contributed by atoms with Crippen LogP contribution >= 0.6 is 23.5 Å². The van der Waals surface area contributed by atoms with Crippen LogP contribution in [-0.2, 0) is 9.53 Å². The Kier molecular flexibility index (Phi) is 5.95. The Hall–Kier alpha value is -0.300. The van der Waals surface area contributed by atoms with Crippen LogP contribution in [0.3, 0.4) is 0 Å². The molecular formula is C20H29F3O2S2. The molecule has 0 aliphatic heterocycles. The summed E-state index contributed by atoms with van der Waals surface area (Å²) < 4.78 is 43.7. The summed E-state index contributed by atoms with van der Waals surface area (Å²) in [6.45, 7) is 7.00. The second-order valence-corrected chi connectivity index (χ2v) is 11.5. The van der Waals surface area contributed by atoms with Crippen molar-refractivity contribution in [2.24, 2.45) is 22.7 Å². The van der Waals surface area contributed by atoms with E-state index in [0.717, 1.165) is 24.3 Å². The minimum Gasteiger partial charge on any atom is -0.458 e. The van der Waals surface area contributed by atoms with Gasteiger partial charge in [-0.3, -0.25) is 0 Å². The molecule has 0 saturated heterocycles. The fourth-order valence-electron chi connectivity index (χ4n) is 6.18. The fourth-order valence-corrected chi connectivity index (χ4v) is 8.17. The van der Waals surface area contributed by atoms with Crippen LogP contribution in [0.15, 0.2) is 12.2 Å². The second kappa shape index (κ2) is 7.51. The summed E-state index contributed by atoms with van der Waals surface area (Å²) in [5, 5.41) is 1.57. The Morgan fingerprint density at radius 3 is 2.26 bits per heavy atom. The van der Waals surface area contributed by atoms with Crippen molar-refractivity contribution in [3.63, 3.8) is 0 Å². The zero-order chi connectivity index (χ0) is 20.0. The number of thioether (sulfide) groups is 2. The lowest BCUT2D eigenvalue weighted by Crippen LogP contribution is -2.58. The molecule has 7 heteroatoms. The molecule has 0 aromatic carbocycles. The van der Waals surface area contributed by atoms with E-state index in [4.69, 9.17) is 4.74 Å². The van der Waals surface area contributed by atoms with Crippen molar-refractivity contribution in [2.75, 3.05) is 11.3 Å². The first kappa shape index (κ1) is 21.4. The van der Waals surface area contributed by atoms with Crippen molar-refractivity contribution in [2.45, 2.75) is 69.9 Å². The van der Waals surface area contributed by atoms with Crippen LogP contribution in [-0.4, -0.2) is 34.8 Å². The lowest BCUT2D eigenvalue weighted by atomic mass is 9.42. The van der Waals surface area contributed by atoms with Crippen molar-refractivity contribution in [3.05, 3.63) is 12.2 Å². The van der Waals surface area contributed by atoms with Gasteiger partial charge in [-0.15, -0.1) is 11.8 Å². The number of hydrogen-bond donors (Lipinski definition) is 0. The predicted molar refractivity (Wildman–Crippen MR) is 106 cm³/mol. The molecule has 4 fully saturated rings. The third-order valence-corrected chi connectivity index (χ3v) is 9.67. The van der Waals surface area contributed by atoms with Gasteiger partial charge in [-0.1, -0.05) is 13.5 Å². The van der Waals surface area contributed by atoms with Gasteiger partial charge in [0.05, 0.1) is 0 Å². The predicted octanol–water partition coefficient (Wildman–Crippen LogP) is 6.07. The van der Waals surface area contributed by atoms with E-state index >= 15 is 0 Å². The zero-order valence-electron chi connectivity index (χ0n) is 16.2. The van der Waals surface area contributed by atoms with E-state index < -0.39 is 23.8 Å². The molecule has 4 atom stereocenters. The van der Waals surface area contributed by atoms with Crippen molar-refractivity contribution >= 4 is 29.5 Å². The molecule has 4 aliphatic rings.